The first kappa shape index (κ1) is 24.2. The Kier molecular flexibility index (Phi) is 12.4. The minimum absolute atomic E-state index is 0.0666. The lowest BCUT2D eigenvalue weighted by atomic mass is 10.1. The lowest BCUT2D eigenvalue weighted by Crippen LogP contribution is -1.96. The lowest BCUT2D eigenvalue weighted by Gasteiger charge is -1.98. The van der Waals surface area contributed by atoms with Gasteiger partial charge in [-0.25, -0.2) is 0 Å². The molecule has 0 aromatic heterocycles. The molecule has 2 aromatic carbocycles. The van der Waals surface area contributed by atoms with Crippen molar-refractivity contribution in [3.8, 4) is 12.8 Å². The monoisotopic (exact) mass is 348 g/mol. The summed E-state index contributed by atoms with van der Waals surface area (Å²) < 4.78 is 29.6. The van der Waals surface area contributed by atoms with Gasteiger partial charge in [-0.3, -0.25) is 4.55 Å². The van der Waals surface area contributed by atoms with Gasteiger partial charge in [-0.05, 0) is 51.0 Å². The summed E-state index contributed by atoms with van der Waals surface area (Å²) in [7, 11) is -4.02. The molecule has 0 fully saturated rings. The Morgan fingerprint density at radius 2 is 1.17 bits per heavy atom. The number of terminal acetylenes is 1. The zero-order valence-corrected chi connectivity index (χ0v) is 16.2. The SMILES string of the molecule is C#C.CC.Cc1ccc(C)c(C)c1.Cc1ccc(S(=O)(=O)O)cc1. The number of aryl methyl sites for hydroxylation is 4. The standard InChI is InChI=1S/C9H12.C7H8O3S.C2H6.C2H2/c1-7-4-5-8(2)9(3)6-7;1-6-2-4-7(5-3-6)11(8,9)10;2*1-2/h4-6H,1-3H3;2-5H,1H3,(H,8,9,10);1-2H3;1-2H. The Bertz CT molecular complexity index is 712. The molecule has 2 aromatic rings. The fourth-order valence-electron chi connectivity index (χ4n) is 1.60. The van der Waals surface area contributed by atoms with Gasteiger partial charge < -0.3 is 0 Å². The minimum atomic E-state index is -4.02. The average molecular weight is 349 g/mol. The first-order valence-corrected chi connectivity index (χ1v) is 9.05. The smallest absolute Gasteiger partial charge is 0.282 e. The highest BCUT2D eigenvalue weighted by Gasteiger charge is 2.06. The molecular weight excluding hydrogens is 320 g/mol. The predicted octanol–water partition coefficient (Wildman–Crippen LogP) is 5.13. The summed E-state index contributed by atoms with van der Waals surface area (Å²) >= 11 is 0. The van der Waals surface area contributed by atoms with Gasteiger partial charge in [-0.15, -0.1) is 12.8 Å². The maximum absolute atomic E-state index is 10.5. The van der Waals surface area contributed by atoms with Crippen LogP contribution in [0.4, 0.5) is 0 Å². The van der Waals surface area contributed by atoms with E-state index in [1.54, 1.807) is 12.1 Å². The quantitative estimate of drug-likeness (QED) is 0.574. The molecule has 0 heterocycles. The van der Waals surface area contributed by atoms with Crippen LogP contribution in [0.2, 0.25) is 0 Å². The van der Waals surface area contributed by atoms with E-state index >= 15 is 0 Å². The molecule has 132 valence electrons. The molecule has 0 aliphatic heterocycles. The molecule has 0 aliphatic carbocycles. The summed E-state index contributed by atoms with van der Waals surface area (Å²) in [5.74, 6) is 0. The van der Waals surface area contributed by atoms with Gasteiger partial charge >= 0.3 is 0 Å². The van der Waals surface area contributed by atoms with Crippen molar-refractivity contribution < 1.29 is 13.0 Å². The normalized spacial score (nSPS) is 9.21. The molecule has 24 heavy (non-hydrogen) atoms. The third-order valence-electron chi connectivity index (χ3n) is 2.98. The molecule has 2 rings (SSSR count). The van der Waals surface area contributed by atoms with Gasteiger partial charge in [0.1, 0.15) is 0 Å². The van der Waals surface area contributed by atoms with Crippen LogP contribution < -0.4 is 0 Å². The fourth-order valence-corrected chi connectivity index (χ4v) is 2.08. The van der Waals surface area contributed by atoms with Gasteiger partial charge in [0.25, 0.3) is 10.1 Å². The van der Waals surface area contributed by atoms with Crippen molar-refractivity contribution in [3.63, 3.8) is 0 Å². The second-order valence-electron chi connectivity index (χ2n) is 4.88. The Balaban J connectivity index is 0. The second-order valence-corrected chi connectivity index (χ2v) is 6.30. The highest BCUT2D eigenvalue weighted by Crippen LogP contribution is 2.09. The Labute approximate surface area is 147 Å². The van der Waals surface area contributed by atoms with Crippen molar-refractivity contribution in [2.24, 2.45) is 0 Å². The van der Waals surface area contributed by atoms with Gasteiger partial charge in [0.15, 0.2) is 0 Å². The first-order valence-electron chi connectivity index (χ1n) is 7.61. The molecule has 0 unspecified atom stereocenters. The average Bonchev–Trinajstić information content (AvgIpc) is 2.55. The molecule has 0 aliphatic rings. The molecular formula is C20H28O3S. The summed E-state index contributed by atoms with van der Waals surface area (Å²) in [6.45, 7) is 12.2. The summed E-state index contributed by atoms with van der Waals surface area (Å²) in [4.78, 5) is -0.0666. The van der Waals surface area contributed by atoms with E-state index in [-0.39, 0.29) is 4.90 Å². The zero-order chi connectivity index (χ0) is 19.3. The van der Waals surface area contributed by atoms with E-state index < -0.39 is 10.1 Å². The first-order chi connectivity index (χ1) is 11.2. The van der Waals surface area contributed by atoms with E-state index in [0.717, 1.165) is 5.56 Å². The zero-order valence-electron chi connectivity index (χ0n) is 15.4. The molecule has 0 saturated carbocycles. The van der Waals surface area contributed by atoms with Crippen LogP contribution in [0.3, 0.4) is 0 Å². The van der Waals surface area contributed by atoms with Crippen molar-refractivity contribution in [3.05, 3.63) is 64.7 Å². The minimum Gasteiger partial charge on any atom is -0.282 e. The molecule has 0 radical (unpaired) electrons. The van der Waals surface area contributed by atoms with Crippen LogP contribution in [0.1, 0.15) is 36.1 Å². The van der Waals surface area contributed by atoms with Crippen LogP contribution in [-0.4, -0.2) is 13.0 Å². The van der Waals surface area contributed by atoms with E-state index in [2.05, 4.69) is 51.8 Å². The third-order valence-corrected chi connectivity index (χ3v) is 3.85. The molecule has 0 bridgehead atoms. The predicted molar refractivity (Wildman–Crippen MR) is 103 cm³/mol. The molecule has 3 nitrogen and oxygen atoms in total. The fraction of sp³-hybridized carbons (Fsp3) is 0.300. The summed E-state index contributed by atoms with van der Waals surface area (Å²) in [5.41, 5.74) is 5.06. The second kappa shape index (κ2) is 12.3. The van der Waals surface area contributed by atoms with Crippen molar-refractivity contribution in [2.75, 3.05) is 0 Å². The van der Waals surface area contributed by atoms with Crippen LogP contribution in [0.15, 0.2) is 47.4 Å². The third kappa shape index (κ3) is 9.83. The number of rotatable bonds is 1. The Hall–Kier alpha value is -2.09. The number of benzene rings is 2. The molecule has 0 spiro atoms. The van der Waals surface area contributed by atoms with Crippen molar-refractivity contribution in [1.82, 2.24) is 0 Å². The molecule has 1 N–H and O–H groups in total. The highest BCUT2D eigenvalue weighted by atomic mass is 32.2. The molecule has 0 saturated heterocycles. The molecule has 4 heteroatoms. The van der Waals surface area contributed by atoms with Crippen molar-refractivity contribution >= 4 is 10.1 Å². The summed E-state index contributed by atoms with van der Waals surface area (Å²) in [5, 5.41) is 0. The van der Waals surface area contributed by atoms with Gasteiger partial charge in [-0.1, -0.05) is 55.3 Å². The van der Waals surface area contributed by atoms with Crippen molar-refractivity contribution in [2.45, 2.75) is 46.4 Å². The number of hydrogen-bond donors (Lipinski definition) is 1. The van der Waals surface area contributed by atoms with Crippen LogP contribution in [0.5, 0.6) is 0 Å². The Morgan fingerprint density at radius 1 is 0.750 bits per heavy atom. The largest absolute Gasteiger partial charge is 0.294 e. The Morgan fingerprint density at radius 3 is 1.50 bits per heavy atom. The summed E-state index contributed by atoms with van der Waals surface area (Å²) in [6, 6.07) is 12.5. The highest BCUT2D eigenvalue weighted by molar-refractivity contribution is 7.85. The summed E-state index contributed by atoms with van der Waals surface area (Å²) in [6.07, 6.45) is 8.00. The maximum atomic E-state index is 10.5. The van der Waals surface area contributed by atoms with Crippen LogP contribution >= 0.6 is 0 Å². The van der Waals surface area contributed by atoms with Gasteiger partial charge in [0.05, 0.1) is 4.90 Å². The topological polar surface area (TPSA) is 54.4 Å². The number of hydrogen-bond acceptors (Lipinski definition) is 2. The van der Waals surface area contributed by atoms with E-state index in [9.17, 15) is 8.42 Å². The lowest BCUT2D eigenvalue weighted by molar-refractivity contribution is 0.483. The van der Waals surface area contributed by atoms with Crippen LogP contribution in [0, 0.1) is 40.5 Å². The van der Waals surface area contributed by atoms with Gasteiger partial charge in [0.2, 0.25) is 0 Å². The van der Waals surface area contributed by atoms with Crippen molar-refractivity contribution in [1.29, 1.82) is 0 Å². The molecule has 0 amide bonds. The van der Waals surface area contributed by atoms with Crippen LogP contribution in [-0.2, 0) is 10.1 Å². The van der Waals surface area contributed by atoms with Gasteiger partial charge in [0, 0.05) is 0 Å². The van der Waals surface area contributed by atoms with Gasteiger partial charge in [-0.2, -0.15) is 8.42 Å². The maximum Gasteiger partial charge on any atom is 0.294 e. The van der Waals surface area contributed by atoms with E-state index in [4.69, 9.17) is 4.55 Å². The van der Waals surface area contributed by atoms with E-state index in [1.165, 1.54) is 28.8 Å². The van der Waals surface area contributed by atoms with E-state index in [0.29, 0.717) is 0 Å². The molecule has 0 atom stereocenters. The van der Waals surface area contributed by atoms with E-state index in [1.807, 2.05) is 20.8 Å². The van der Waals surface area contributed by atoms with Crippen LogP contribution in [0.25, 0.3) is 0 Å².